The number of nitrogens with zero attached hydrogens (tertiary/aromatic N) is 4. The Morgan fingerprint density at radius 3 is 2.74 bits per heavy atom. The van der Waals surface area contributed by atoms with Crippen LogP contribution in [-0.2, 0) is 14.3 Å². The second-order valence-electron chi connectivity index (χ2n) is 7.66. The quantitative estimate of drug-likeness (QED) is 0.726. The van der Waals surface area contributed by atoms with Crippen LogP contribution in [-0.4, -0.2) is 68.3 Å². The third-order valence-corrected chi connectivity index (χ3v) is 5.71. The molecule has 0 saturated carbocycles. The Morgan fingerprint density at radius 1 is 1.16 bits per heavy atom. The molecule has 0 aliphatic carbocycles. The summed E-state index contributed by atoms with van der Waals surface area (Å²) in [6.07, 6.45) is 6.65. The summed E-state index contributed by atoms with van der Waals surface area (Å²) in [7, 11) is 1.34. The predicted molar refractivity (Wildman–Crippen MR) is 116 cm³/mol. The van der Waals surface area contributed by atoms with E-state index in [-0.39, 0.29) is 11.8 Å². The molecule has 2 fully saturated rings. The van der Waals surface area contributed by atoms with E-state index in [9.17, 15) is 9.59 Å². The minimum Gasteiger partial charge on any atom is -0.465 e. The van der Waals surface area contributed by atoms with Crippen molar-refractivity contribution in [1.29, 1.82) is 0 Å². The summed E-state index contributed by atoms with van der Waals surface area (Å²) in [5, 5.41) is 2.95. The maximum Gasteiger partial charge on any atom is 0.340 e. The maximum absolute atomic E-state index is 13.0. The molecule has 31 heavy (non-hydrogen) atoms. The molecular weight excluding hydrogens is 398 g/mol. The first-order valence-corrected chi connectivity index (χ1v) is 10.5. The summed E-state index contributed by atoms with van der Waals surface area (Å²) in [5.41, 5.74) is 1.72. The number of hydrogen-bond acceptors (Lipinski definition) is 8. The van der Waals surface area contributed by atoms with Crippen molar-refractivity contribution in [3.8, 4) is 0 Å². The molecule has 2 aliphatic rings. The average Bonchev–Trinajstić information content (AvgIpc) is 2.85. The molecule has 2 saturated heterocycles. The van der Waals surface area contributed by atoms with Crippen LogP contribution in [0.4, 0.5) is 17.2 Å². The lowest BCUT2D eigenvalue weighted by atomic mass is 9.96. The number of ether oxygens (including phenoxy) is 2. The number of esters is 1. The molecule has 1 aromatic heterocycles. The van der Waals surface area contributed by atoms with Crippen LogP contribution in [0.15, 0.2) is 36.8 Å². The topological polar surface area (TPSA) is 96.9 Å². The summed E-state index contributed by atoms with van der Waals surface area (Å²) in [6.45, 7) is 4.21. The minimum absolute atomic E-state index is 0.113. The van der Waals surface area contributed by atoms with Crippen molar-refractivity contribution in [2.45, 2.75) is 12.8 Å². The third kappa shape index (κ3) is 4.93. The Morgan fingerprint density at radius 2 is 2.00 bits per heavy atom. The van der Waals surface area contributed by atoms with E-state index < -0.39 is 5.97 Å². The number of morpholine rings is 1. The molecular formula is C22H27N5O4. The largest absolute Gasteiger partial charge is 0.465 e. The molecule has 1 atom stereocenters. The van der Waals surface area contributed by atoms with Crippen molar-refractivity contribution < 1.29 is 19.1 Å². The highest BCUT2D eigenvalue weighted by Gasteiger charge is 2.28. The minimum atomic E-state index is -0.477. The molecule has 0 spiro atoms. The van der Waals surface area contributed by atoms with E-state index >= 15 is 0 Å². The molecule has 9 nitrogen and oxygen atoms in total. The number of benzene rings is 1. The molecule has 4 rings (SSSR count). The normalized spacial score (nSPS) is 19.1. The van der Waals surface area contributed by atoms with Gasteiger partial charge < -0.3 is 24.6 Å². The van der Waals surface area contributed by atoms with Gasteiger partial charge in [0, 0.05) is 44.3 Å². The number of aromatic nitrogens is 2. The van der Waals surface area contributed by atoms with Crippen LogP contribution in [0.5, 0.6) is 0 Å². The van der Waals surface area contributed by atoms with Gasteiger partial charge in [0.1, 0.15) is 5.82 Å². The first-order chi connectivity index (χ1) is 15.2. The van der Waals surface area contributed by atoms with E-state index in [1.807, 2.05) is 6.07 Å². The number of methoxy groups -OCH3 is 1. The lowest BCUT2D eigenvalue weighted by molar-refractivity contribution is -0.120. The van der Waals surface area contributed by atoms with E-state index in [2.05, 4.69) is 25.1 Å². The lowest BCUT2D eigenvalue weighted by Gasteiger charge is -2.32. The number of anilines is 3. The van der Waals surface area contributed by atoms with Gasteiger partial charge in [-0.05, 0) is 31.0 Å². The monoisotopic (exact) mass is 425 g/mol. The fourth-order valence-electron chi connectivity index (χ4n) is 4.03. The average molecular weight is 425 g/mol. The number of piperidine rings is 1. The highest BCUT2D eigenvalue weighted by Crippen LogP contribution is 2.27. The van der Waals surface area contributed by atoms with Gasteiger partial charge in [-0.15, -0.1) is 0 Å². The van der Waals surface area contributed by atoms with Crippen LogP contribution in [0.3, 0.4) is 0 Å². The second-order valence-corrected chi connectivity index (χ2v) is 7.66. The van der Waals surface area contributed by atoms with Crippen LogP contribution >= 0.6 is 0 Å². The maximum atomic E-state index is 13.0. The van der Waals surface area contributed by atoms with Gasteiger partial charge in [0.2, 0.25) is 5.91 Å². The molecule has 9 heteroatoms. The van der Waals surface area contributed by atoms with Crippen molar-refractivity contribution >= 4 is 29.1 Å². The summed E-state index contributed by atoms with van der Waals surface area (Å²) < 4.78 is 10.4. The molecule has 0 radical (unpaired) electrons. The molecule has 1 amide bonds. The van der Waals surface area contributed by atoms with E-state index in [0.717, 1.165) is 44.0 Å². The molecule has 0 bridgehead atoms. The molecule has 1 aromatic carbocycles. The van der Waals surface area contributed by atoms with E-state index in [1.165, 1.54) is 7.11 Å². The highest BCUT2D eigenvalue weighted by atomic mass is 16.5. The van der Waals surface area contributed by atoms with Crippen LogP contribution < -0.4 is 15.1 Å². The predicted octanol–water partition coefficient (Wildman–Crippen LogP) is 1.95. The van der Waals surface area contributed by atoms with Gasteiger partial charge in [-0.2, -0.15) is 0 Å². The molecule has 3 heterocycles. The zero-order chi connectivity index (χ0) is 21.6. The van der Waals surface area contributed by atoms with E-state index in [0.29, 0.717) is 31.0 Å². The summed E-state index contributed by atoms with van der Waals surface area (Å²) in [4.78, 5) is 38.1. The fraction of sp³-hybridized carbons (Fsp3) is 0.455. The molecule has 1 N–H and O–H groups in total. The van der Waals surface area contributed by atoms with Crippen molar-refractivity contribution in [3.05, 3.63) is 42.4 Å². The Bertz CT molecular complexity index is 917. The number of rotatable bonds is 5. The van der Waals surface area contributed by atoms with Gasteiger partial charge in [0.15, 0.2) is 0 Å². The van der Waals surface area contributed by atoms with Crippen molar-refractivity contribution in [1.82, 2.24) is 9.97 Å². The van der Waals surface area contributed by atoms with Crippen molar-refractivity contribution in [3.63, 3.8) is 0 Å². The van der Waals surface area contributed by atoms with Crippen LogP contribution in [0.25, 0.3) is 0 Å². The first kappa shape index (κ1) is 21.0. The standard InChI is InChI=1S/C22H27N5O4/c1-30-22(29)18-13-17(26-9-11-31-12-10-26)4-5-19(18)25-21(28)16-3-2-8-27(15-16)20-14-23-6-7-24-20/h4-7,13-14,16H,2-3,8-12,15H2,1H3,(H,25,28). The van der Waals surface area contributed by atoms with Gasteiger partial charge in [-0.25, -0.2) is 9.78 Å². The second kappa shape index (κ2) is 9.74. The summed E-state index contributed by atoms with van der Waals surface area (Å²) >= 11 is 0. The van der Waals surface area contributed by atoms with Crippen molar-refractivity contribution in [2.75, 3.05) is 61.6 Å². The molecule has 2 aliphatic heterocycles. The van der Waals surface area contributed by atoms with E-state index in [4.69, 9.17) is 9.47 Å². The van der Waals surface area contributed by atoms with Gasteiger partial charge in [-0.1, -0.05) is 0 Å². The third-order valence-electron chi connectivity index (χ3n) is 5.71. The van der Waals surface area contributed by atoms with Gasteiger partial charge in [0.05, 0.1) is 43.7 Å². The number of nitrogens with one attached hydrogen (secondary N) is 1. The number of amides is 1. The first-order valence-electron chi connectivity index (χ1n) is 10.5. The highest BCUT2D eigenvalue weighted by molar-refractivity contribution is 6.02. The SMILES string of the molecule is COC(=O)c1cc(N2CCOCC2)ccc1NC(=O)C1CCCN(c2cnccn2)C1. The molecule has 1 unspecified atom stereocenters. The number of carbonyl (C=O) groups is 2. The zero-order valence-electron chi connectivity index (χ0n) is 17.6. The Hall–Kier alpha value is -3.20. The van der Waals surface area contributed by atoms with Gasteiger partial charge in [-0.3, -0.25) is 9.78 Å². The van der Waals surface area contributed by atoms with Crippen molar-refractivity contribution in [2.24, 2.45) is 5.92 Å². The number of hydrogen-bond donors (Lipinski definition) is 1. The number of carbonyl (C=O) groups excluding carboxylic acids is 2. The van der Waals surface area contributed by atoms with Gasteiger partial charge in [0.25, 0.3) is 0 Å². The Labute approximate surface area is 181 Å². The van der Waals surface area contributed by atoms with E-state index in [1.54, 1.807) is 30.7 Å². The van der Waals surface area contributed by atoms with Gasteiger partial charge >= 0.3 is 5.97 Å². The summed E-state index contributed by atoms with van der Waals surface area (Å²) in [5.74, 6) is -0.0293. The zero-order valence-corrected chi connectivity index (χ0v) is 17.6. The van der Waals surface area contributed by atoms with Crippen LogP contribution in [0, 0.1) is 5.92 Å². The molecule has 164 valence electrons. The lowest BCUT2D eigenvalue weighted by Crippen LogP contribution is -2.41. The smallest absolute Gasteiger partial charge is 0.340 e. The summed E-state index contributed by atoms with van der Waals surface area (Å²) in [6, 6.07) is 5.47. The Kier molecular flexibility index (Phi) is 6.61. The fourth-order valence-corrected chi connectivity index (χ4v) is 4.03. The Balaban J connectivity index is 1.49. The van der Waals surface area contributed by atoms with Crippen LogP contribution in [0.2, 0.25) is 0 Å². The molecule has 2 aromatic rings. The van der Waals surface area contributed by atoms with Crippen LogP contribution in [0.1, 0.15) is 23.2 Å².